The van der Waals surface area contributed by atoms with E-state index in [0.29, 0.717) is 17.4 Å². The fourth-order valence-electron chi connectivity index (χ4n) is 1.09. The Kier molecular flexibility index (Phi) is 2.67. The van der Waals surface area contributed by atoms with Gasteiger partial charge in [-0.25, -0.2) is 0 Å². The van der Waals surface area contributed by atoms with Crippen LogP contribution in [0.15, 0.2) is 23.0 Å². The van der Waals surface area contributed by atoms with E-state index in [4.69, 9.17) is 0 Å². The standard InChI is InChI=1S/C9H5F2N3O2/c10-7(11)9-13-8(14-16-9)6-1-5(4-15)2-12-3-6/h1-4,7H. The molecule has 0 N–H and O–H groups in total. The molecule has 0 amide bonds. The van der Waals surface area contributed by atoms with Crippen LogP contribution in [0.2, 0.25) is 0 Å². The summed E-state index contributed by atoms with van der Waals surface area (Å²) < 4.78 is 28.7. The predicted octanol–water partition coefficient (Wildman–Crippen LogP) is 1.88. The highest BCUT2D eigenvalue weighted by Gasteiger charge is 2.17. The van der Waals surface area contributed by atoms with E-state index < -0.39 is 12.3 Å². The fourth-order valence-corrected chi connectivity index (χ4v) is 1.09. The van der Waals surface area contributed by atoms with Gasteiger partial charge in [0.25, 0.3) is 5.89 Å². The second-order valence-electron chi connectivity index (χ2n) is 2.88. The van der Waals surface area contributed by atoms with Crippen LogP contribution >= 0.6 is 0 Å². The second kappa shape index (κ2) is 4.13. The monoisotopic (exact) mass is 225 g/mol. The van der Waals surface area contributed by atoms with E-state index in [1.165, 1.54) is 18.5 Å². The number of carbonyl (C=O) groups excluding carboxylic acids is 1. The molecule has 5 nitrogen and oxygen atoms in total. The Labute approximate surface area is 88.1 Å². The SMILES string of the molecule is O=Cc1cncc(-c2noc(C(F)F)n2)c1. The molecule has 0 saturated heterocycles. The molecule has 0 bridgehead atoms. The van der Waals surface area contributed by atoms with Crippen LogP contribution in [0.5, 0.6) is 0 Å². The maximum atomic E-state index is 12.2. The highest BCUT2D eigenvalue weighted by molar-refractivity contribution is 5.76. The van der Waals surface area contributed by atoms with Crippen molar-refractivity contribution in [3.05, 3.63) is 29.9 Å². The van der Waals surface area contributed by atoms with E-state index in [1.807, 2.05) is 0 Å². The van der Waals surface area contributed by atoms with Crippen LogP contribution in [-0.4, -0.2) is 21.4 Å². The largest absolute Gasteiger partial charge is 0.333 e. The minimum atomic E-state index is -2.82. The molecule has 0 aliphatic rings. The molecule has 0 saturated carbocycles. The number of aromatic nitrogens is 3. The Morgan fingerprint density at radius 1 is 1.38 bits per heavy atom. The Bertz CT molecular complexity index is 513. The van der Waals surface area contributed by atoms with Crippen molar-refractivity contribution in [2.75, 3.05) is 0 Å². The lowest BCUT2D eigenvalue weighted by Gasteiger charge is -1.93. The van der Waals surface area contributed by atoms with Crippen molar-refractivity contribution >= 4 is 6.29 Å². The summed E-state index contributed by atoms with van der Waals surface area (Å²) in [7, 11) is 0. The molecule has 7 heteroatoms. The van der Waals surface area contributed by atoms with Crippen LogP contribution in [0, 0.1) is 0 Å². The van der Waals surface area contributed by atoms with Gasteiger partial charge in [-0.15, -0.1) is 0 Å². The minimum Gasteiger partial charge on any atom is -0.333 e. The van der Waals surface area contributed by atoms with Gasteiger partial charge in [0.15, 0.2) is 6.29 Å². The molecule has 0 aliphatic heterocycles. The van der Waals surface area contributed by atoms with Crippen molar-refractivity contribution in [2.24, 2.45) is 0 Å². The number of hydrogen-bond donors (Lipinski definition) is 0. The highest BCUT2D eigenvalue weighted by atomic mass is 19.3. The van der Waals surface area contributed by atoms with Gasteiger partial charge in [0.05, 0.1) is 0 Å². The first-order valence-corrected chi connectivity index (χ1v) is 4.23. The van der Waals surface area contributed by atoms with E-state index in [0.717, 1.165) is 0 Å². The quantitative estimate of drug-likeness (QED) is 0.746. The lowest BCUT2D eigenvalue weighted by Crippen LogP contribution is -1.88. The van der Waals surface area contributed by atoms with Crippen LogP contribution in [0.4, 0.5) is 8.78 Å². The molecule has 0 unspecified atom stereocenters. The highest BCUT2D eigenvalue weighted by Crippen LogP contribution is 2.21. The number of halogens is 2. The lowest BCUT2D eigenvalue weighted by atomic mass is 10.2. The van der Waals surface area contributed by atoms with E-state index in [1.54, 1.807) is 0 Å². The second-order valence-corrected chi connectivity index (χ2v) is 2.88. The van der Waals surface area contributed by atoms with Gasteiger partial charge in [-0.05, 0) is 6.07 Å². The van der Waals surface area contributed by atoms with E-state index in [-0.39, 0.29) is 5.82 Å². The molecule has 2 rings (SSSR count). The first-order chi connectivity index (χ1) is 7.70. The molecular formula is C9H5F2N3O2. The topological polar surface area (TPSA) is 68.9 Å². The molecule has 2 aromatic heterocycles. The molecule has 0 atom stereocenters. The average Bonchev–Trinajstić information content (AvgIpc) is 2.78. The molecule has 82 valence electrons. The maximum absolute atomic E-state index is 12.2. The number of nitrogens with zero attached hydrogens (tertiary/aromatic N) is 3. The van der Waals surface area contributed by atoms with Gasteiger partial charge < -0.3 is 4.52 Å². The zero-order chi connectivity index (χ0) is 11.5. The summed E-state index contributed by atoms with van der Waals surface area (Å²) in [5.41, 5.74) is 0.654. The Morgan fingerprint density at radius 2 is 2.19 bits per heavy atom. The van der Waals surface area contributed by atoms with Crippen LogP contribution in [-0.2, 0) is 0 Å². The van der Waals surface area contributed by atoms with Crippen molar-refractivity contribution in [2.45, 2.75) is 6.43 Å². The number of pyridine rings is 1. The summed E-state index contributed by atoms with van der Waals surface area (Å²) in [5.74, 6) is -0.780. The van der Waals surface area contributed by atoms with E-state index in [9.17, 15) is 13.6 Å². The van der Waals surface area contributed by atoms with Crippen molar-refractivity contribution in [1.29, 1.82) is 0 Å². The van der Waals surface area contributed by atoms with E-state index >= 15 is 0 Å². The number of carbonyl (C=O) groups is 1. The molecule has 16 heavy (non-hydrogen) atoms. The van der Waals surface area contributed by atoms with Gasteiger partial charge in [0, 0.05) is 23.5 Å². The molecule has 0 aliphatic carbocycles. The van der Waals surface area contributed by atoms with Crippen LogP contribution in [0.1, 0.15) is 22.7 Å². The molecule has 0 aromatic carbocycles. The van der Waals surface area contributed by atoms with Gasteiger partial charge >= 0.3 is 6.43 Å². The maximum Gasteiger partial charge on any atom is 0.315 e. The number of rotatable bonds is 3. The first kappa shape index (κ1) is 10.3. The predicted molar refractivity (Wildman–Crippen MR) is 47.9 cm³/mol. The summed E-state index contributed by atoms with van der Waals surface area (Å²) in [6.45, 7) is 0. The number of alkyl halides is 2. The number of hydrogen-bond acceptors (Lipinski definition) is 5. The van der Waals surface area contributed by atoms with Crippen LogP contribution < -0.4 is 0 Å². The average molecular weight is 225 g/mol. The summed E-state index contributed by atoms with van der Waals surface area (Å²) in [6.07, 6.45) is 0.464. The van der Waals surface area contributed by atoms with Gasteiger partial charge in [-0.1, -0.05) is 5.16 Å². The first-order valence-electron chi connectivity index (χ1n) is 4.23. The van der Waals surface area contributed by atoms with Gasteiger partial charge in [-0.2, -0.15) is 13.8 Å². The molecule has 0 spiro atoms. The molecule has 0 fully saturated rings. The normalized spacial score (nSPS) is 10.7. The Morgan fingerprint density at radius 3 is 2.81 bits per heavy atom. The third-order valence-corrected chi connectivity index (χ3v) is 1.78. The smallest absolute Gasteiger partial charge is 0.315 e. The van der Waals surface area contributed by atoms with Crippen molar-refractivity contribution < 1.29 is 18.1 Å². The minimum absolute atomic E-state index is 0.0218. The summed E-state index contributed by atoms with van der Waals surface area (Å²) in [6, 6.07) is 1.43. The molecule has 0 radical (unpaired) electrons. The van der Waals surface area contributed by atoms with Gasteiger partial charge in [0.2, 0.25) is 5.82 Å². The van der Waals surface area contributed by atoms with Gasteiger partial charge in [0.1, 0.15) is 0 Å². The fraction of sp³-hybridized carbons (Fsp3) is 0.111. The van der Waals surface area contributed by atoms with E-state index in [2.05, 4.69) is 19.6 Å². The van der Waals surface area contributed by atoms with Crippen molar-refractivity contribution in [3.8, 4) is 11.4 Å². The lowest BCUT2D eigenvalue weighted by molar-refractivity contribution is 0.106. The Hall–Kier alpha value is -2.18. The third-order valence-electron chi connectivity index (χ3n) is 1.78. The third kappa shape index (κ3) is 1.92. The summed E-state index contributed by atoms with van der Waals surface area (Å²) in [5, 5.41) is 3.36. The zero-order valence-electron chi connectivity index (χ0n) is 7.80. The molecule has 2 aromatic rings. The summed E-state index contributed by atoms with van der Waals surface area (Å²) >= 11 is 0. The van der Waals surface area contributed by atoms with Crippen molar-refractivity contribution in [1.82, 2.24) is 15.1 Å². The summed E-state index contributed by atoms with van der Waals surface area (Å²) in [4.78, 5) is 17.7. The zero-order valence-corrected chi connectivity index (χ0v) is 7.80. The molecule has 2 heterocycles. The molecular weight excluding hydrogens is 220 g/mol. The van der Waals surface area contributed by atoms with Gasteiger partial charge in [-0.3, -0.25) is 9.78 Å². The van der Waals surface area contributed by atoms with Crippen LogP contribution in [0.3, 0.4) is 0 Å². The Balaban J connectivity index is 2.38. The number of aldehydes is 1. The van der Waals surface area contributed by atoms with Crippen molar-refractivity contribution in [3.63, 3.8) is 0 Å². The van der Waals surface area contributed by atoms with Crippen LogP contribution in [0.25, 0.3) is 11.4 Å².